The number of rotatable bonds is 2. The number of benzene rings is 1. The van der Waals surface area contributed by atoms with E-state index in [1.165, 1.54) is 16.8 Å². The first-order valence-corrected chi connectivity index (χ1v) is 8.88. The zero-order valence-electron chi connectivity index (χ0n) is 14.7. The van der Waals surface area contributed by atoms with Gasteiger partial charge in [0.2, 0.25) is 0 Å². The molecule has 0 aliphatic carbocycles. The molecule has 2 aliphatic heterocycles. The van der Waals surface area contributed by atoms with Crippen molar-refractivity contribution in [2.24, 2.45) is 7.05 Å². The van der Waals surface area contributed by atoms with Gasteiger partial charge in [-0.1, -0.05) is 6.07 Å². The zero-order chi connectivity index (χ0) is 18.1. The van der Waals surface area contributed by atoms with E-state index in [1.54, 1.807) is 7.05 Å². The quantitative estimate of drug-likeness (QED) is 0.823. The van der Waals surface area contributed by atoms with E-state index in [0.717, 1.165) is 36.3 Å². The van der Waals surface area contributed by atoms with Gasteiger partial charge in [-0.25, -0.2) is 4.68 Å². The van der Waals surface area contributed by atoms with E-state index in [1.807, 2.05) is 23.1 Å². The van der Waals surface area contributed by atoms with Crippen LogP contribution in [-0.4, -0.2) is 40.3 Å². The highest BCUT2D eigenvalue weighted by Gasteiger charge is 2.32. The molecular formula is C19H21N3O4. The molecule has 0 N–H and O–H groups in total. The lowest BCUT2D eigenvalue weighted by Crippen LogP contribution is -2.33. The van der Waals surface area contributed by atoms with Gasteiger partial charge in [-0.2, -0.15) is 5.10 Å². The smallest absolute Gasteiger partial charge is 0.274 e. The third-order valence-electron chi connectivity index (χ3n) is 4.85. The lowest BCUT2D eigenvalue weighted by molar-refractivity contribution is 0.0726. The summed E-state index contributed by atoms with van der Waals surface area (Å²) in [6.07, 6.45) is 2.67. The number of aryl methyl sites for hydroxylation is 1. The van der Waals surface area contributed by atoms with Gasteiger partial charge in [0.1, 0.15) is 5.69 Å². The van der Waals surface area contributed by atoms with Crippen molar-refractivity contribution in [2.45, 2.75) is 25.3 Å². The van der Waals surface area contributed by atoms with Crippen molar-refractivity contribution in [3.05, 3.63) is 51.9 Å². The van der Waals surface area contributed by atoms with Crippen molar-refractivity contribution >= 4 is 5.91 Å². The number of hydrogen-bond donors (Lipinski definition) is 0. The van der Waals surface area contributed by atoms with Gasteiger partial charge < -0.3 is 14.4 Å². The van der Waals surface area contributed by atoms with Crippen LogP contribution in [0.4, 0.5) is 0 Å². The Morgan fingerprint density at radius 3 is 2.73 bits per heavy atom. The van der Waals surface area contributed by atoms with Gasteiger partial charge in [-0.3, -0.25) is 9.59 Å². The summed E-state index contributed by atoms with van der Waals surface area (Å²) in [7, 11) is 1.55. The molecule has 1 aromatic heterocycles. The molecular weight excluding hydrogens is 334 g/mol. The summed E-state index contributed by atoms with van der Waals surface area (Å²) >= 11 is 0. The molecule has 0 saturated carbocycles. The highest BCUT2D eigenvalue weighted by Crippen LogP contribution is 2.38. The molecule has 2 aliphatic rings. The van der Waals surface area contributed by atoms with Crippen LogP contribution in [0.2, 0.25) is 0 Å². The van der Waals surface area contributed by atoms with Gasteiger partial charge in [0.05, 0.1) is 19.3 Å². The number of ether oxygens (including phenoxy) is 2. The predicted molar refractivity (Wildman–Crippen MR) is 94.5 cm³/mol. The Morgan fingerprint density at radius 1 is 1.12 bits per heavy atom. The fourth-order valence-electron chi connectivity index (χ4n) is 3.51. The summed E-state index contributed by atoms with van der Waals surface area (Å²) in [4.78, 5) is 26.3. The molecule has 1 saturated heterocycles. The Morgan fingerprint density at radius 2 is 1.92 bits per heavy atom. The zero-order valence-corrected chi connectivity index (χ0v) is 14.7. The minimum atomic E-state index is -0.234. The molecule has 0 spiro atoms. The van der Waals surface area contributed by atoms with Crippen molar-refractivity contribution in [3.63, 3.8) is 0 Å². The van der Waals surface area contributed by atoms with Crippen LogP contribution in [-0.2, 0) is 7.05 Å². The fraction of sp³-hybridized carbons (Fsp3) is 0.421. The van der Waals surface area contributed by atoms with Crippen molar-refractivity contribution in [1.82, 2.24) is 14.7 Å². The summed E-state index contributed by atoms with van der Waals surface area (Å²) in [6.45, 7) is 1.95. The standard InChI is InChI=1S/C19H21N3O4/c1-21-18(23)8-6-14(20-21)19(24)22-9-2-4-15(22)13-5-7-16-17(12-13)26-11-3-10-25-16/h5-8,12,15H,2-4,9-11H2,1H3/t15-/m0/s1. The second-order valence-electron chi connectivity index (χ2n) is 6.59. The van der Waals surface area contributed by atoms with Gasteiger partial charge in [-0.05, 0) is 36.6 Å². The Kier molecular flexibility index (Phi) is 4.36. The van der Waals surface area contributed by atoms with Crippen molar-refractivity contribution in [3.8, 4) is 11.5 Å². The average Bonchev–Trinajstić information content (AvgIpc) is 3.02. The molecule has 136 valence electrons. The predicted octanol–water partition coefficient (Wildman–Crippen LogP) is 1.92. The summed E-state index contributed by atoms with van der Waals surface area (Å²) in [5.41, 5.74) is 1.08. The second-order valence-corrected chi connectivity index (χ2v) is 6.59. The number of hydrogen-bond acceptors (Lipinski definition) is 5. The first-order chi connectivity index (χ1) is 12.6. The lowest BCUT2D eigenvalue weighted by Gasteiger charge is -2.25. The van der Waals surface area contributed by atoms with Crippen LogP contribution < -0.4 is 15.0 Å². The van der Waals surface area contributed by atoms with Crippen molar-refractivity contribution < 1.29 is 14.3 Å². The van der Waals surface area contributed by atoms with Gasteiger partial charge in [0.25, 0.3) is 11.5 Å². The molecule has 4 rings (SSSR count). The van der Waals surface area contributed by atoms with Gasteiger partial charge in [0.15, 0.2) is 11.5 Å². The molecule has 0 bridgehead atoms. The van der Waals surface area contributed by atoms with E-state index in [0.29, 0.717) is 19.8 Å². The van der Waals surface area contributed by atoms with Crippen LogP contribution in [0.3, 0.4) is 0 Å². The minimum Gasteiger partial charge on any atom is -0.490 e. The Hall–Kier alpha value is -2.83. The van der Waals surface area contributed by atoms with E-state index < -0.39 is 0 Å². The van der Waals surface area contributed by atoms with Crippen LogP contribution in [0.25, 0.3) is 0 Å². The van der Waals surface area contributed by atoms with Gasteiger partial charge in [-0.15, -0.1) is 0 Å². The highest BCUT2D eigenvalue weighted by molar-refractivity contribution is 5.92. The van der Waals surface area contributed by atoms with Crippen LogP contribution in [0.5, 0.6) is 11.5 Å². The summed E-state index contributed by atoms with van der Waals surface area (Å²) in [5.74, 6) is 1.33. The van der Waals surface area contributed by atoms with Gasteiger partial charge >= 0.3 is 0 Å². The summed E-state index contributed by atoms with van der Waals surface area (Å²) < 4.78 is 12.7. The van der Waals surface area contributed by atoms with Crippen LogP contribution in [0.1, 0.15) is 41.4 Å². The molecule has 1 fully saturated rings. The first kappa shape index (κ1) is 16.6. The minimum absolute atomic E-state index is 0.0290. The largest absolute Gasteiger partial charge is 0.490 e. The molecule has 7 heteroatoms. The Balaban J connectivity index is 1.62. The van der Waals surface area contributed by atoms with Crippen LogP contribution in [0, 0.1) is 0 Å². The summed E-state index contributed by atoms with van der Waals surface area (Å²) in [6, 6.07) is 8.73. The Bertz CT molecular complexity index is 893. The number of carbonyl (C=O) groups excluding carboxylic acids is 1. The maximum atomic E-state index is 12.9. The van der Waals surface area contributed by atoms with Crippen molar-refractivity contribution in [1.29, 1.82) is 0 Å². The molecule has 1 atom stereocenters. The number of carbonyl (C=O) groups is 1. The number of fused-ring (bicyclic) bond motifs is 1. The average molecular weight is 355 g/mol. The number of nitrogens with zero attached hydrogens (tertiary/aromatic N) is 3. The number of likely N-dealkylation sites (tertiary alicyclic amines) is 1. The van der Waals surface area contributed by atoms with Gasteiger partial charge in [0, 0.05) is 26.1 Å². The van der Waals surface area contributed by atoms with Crippen molar-refractivity contribution in [2.75, 3.05) is 19.8 Å². The maximum Gasteiger partial charge on any atom is 0.274 e. The SMILES string of the molecule is Cn1nc(C(=O)N2CCC[C@H]2c2ccc3c(c2)OCCCO3)ccc1=O. The molecule has 1 amide bonds. The fourth-order valence-corrected chi connectivity index (χ4v) is 3.51. The third-order valence-corrected chi connectivity index (χ3v) is 4.85. The normalized spacial score (nSPS) is 19.3. The monoisotopic (exact) mass is 355 g/mol. The van der Waals surface area contributed by atoms with E-state index in [9.17, 15) is 9.59 Å². The topological polar surface area (TPSA) is 73.7 Å². The molecule has 0 radical (unpaired) electrons. The van der Waals surface area contributed by atoms with E-state index in [4.69, 9.17) is 9.47 Å². The van der Waals surface area contributed by atoms with E-state index >= 15 is 0 Å². The number of amides is 1. The molecule has 2 aromatic rings. The Labute approximate surface area is 151 Å². The molecule has 7 nitrogen and oxygen atoms in total. The number of aromatic nitrogens is 2. The van der Waals surface area contributed by atoms with E-state index in [-0.39, 0.29) is 23.2 Å². The van der Waals surface area contributed by atoms with Crippen LogP contribution >= 0.6 is 0 Å². The highest BCUT2D eigenvalue weighted by atomic mass is 16.5. The third kappa shape index (κ3) is 3.05. The molecule has 0 unspecified atom stereocenters. The molecule has 3 heterocycles. The first-order valence-electron chi connectivity index (χ1n) is 8.88. The summed E-state index contributed by atoms with van der Waals surface area (Å²) in [5, 5.41) is 4.10. The molecule has 26 heavy (non-hydrogen) atoms. The van der Waals surface area contributed by atoms with E-state index in [2.05, 4.69) is 5.10 Å². The maximum absolute atomic E-state index is 12.9. The van der Waals surface area contributed by atoms with Crippen LogP contribution in [0.15, 0.2) is 35.1 Å². The molecule has 1 aromatic carbocycles. The second kappa shape index (κ2) is 6.82. The lowest BCUT2D eigenvalue weighted by atomic mass is 10.0.